The van der Waals surface area contributed by atoms with Crippen LogP contribution in [-0.2, 0) is 16.0 Å². The molecular formula is C15H18O3. The van der Waals surface area contributed by atoms with E-state index in [1.807, 2.05) is 12.1 Å². The van der Waals surface area contributed by atoms with Crippen LogP contribution in [-0.4, -0.2) is 18.9 Å². The molecule has 1 aliphatic rings. The molecule has 3 nitrogen and oxygen atoms in total. The SMILES string of the molecule is COC(=O)c1ccc(CC2CCC(=O)CC2)cc1. The van der Waals surface area contributed by atoms with Crippen LogP contribution in [0.5, 0.6) is 0 Å². The maximum Gasteiger partial charge on any atom is 0.337 e. The lowest BCUT2D eigenvalue weighted by atomic mass is 9.84. The van der Waals surface area contributed by atoms with Crippen LogP contribution in [0.2, 0.25) is 0 Å². The van der Waals surface area contributed by atoms with Crippen LogP contribution in [0.3, 0.4) is 0 Å². The van der Waals surface area contributed by atoms with Crippen molar-refractivity contribution in [1.29, 1.82) is 0 Å². The van der Waals surface area contributed by atoms with E-state index in [2.05, 4.69) is 4.74 Å². The van der Waals surface area contributed by atoms with E-state index in [1.54, 1.807) is 12.1 Å². The molecule has 3 heteroatoms. The van der Waals surface area contributed by atoms with Crippen LogP contribution in [0.15, 0.2) is 24.3 Å². The van der Waals surface area contributed by atoms with Gasteiger partial charge in [0.2, 0.25) is 0 Å². The molecule has 1 saturated carbocycles. The van der Waals surface area contributed by atoms with E-state index >= 15 is 0 Å². The van der Waals surface area contributed by atoms with Crippen LogP contribution in [0, 0.1) is 5.92 Å². The number of esters is 1. The number of hydrogen-bond acceptors (Lipinski definition) is 3. The summed E-state index contributed by atoms with van der Waals surface area (Å²) in [7, 11) is 1.38. The van der Waals surface area contributed by atoms with Gasteiger partial charge in [-0.2, -0.15) is 0 Å². The molecule has 0 N–H and O–H groups in total. The van der Waals surface area contributed by atoms with Crippen LogP contribution in [0.1, 0.15) is 41.6 Å². The predicted octanol–water partition coefficient (Wildman–Crippen LogP) is 2.78. The topological polar surface area (TPSA) is 43.4 Å². The van der Waals surface area contributed by atoms with Crippen molar-refractivity contribution >= 4 is 11.8 Å². The molecule has 0 aliphatic heterocycles. The Hall–Kier alpha value is -1.64. The minimum absolute atomic E-state index is 0.301. The highest BCUT2D eigenvalue weighted by atomic mass is 16.5. The number of benzene rings is 1. The van der Waals surface area contributed by atoms with Crippen molar-refractivity contribution in [3.63, 3.8) is 0 Å². The molecule has 0 spiro atoms. The summed E-state index contributed by atoms with van der Waals surface area (Å²) in [4.78, 5) is 22.5. The van der Waals surface area contributed by atoms with E-state index in [-0.39, 0.29) is 5.97 Å². The van der Waals surface area contributed by atoms with Gasteiger partial charge >= 0.3 is 5.97 Å². The quantitative estimate of drug-likeness (QED) is 0.770. The molecule has 1 aromatic carbocycles. The summed E-state index contributed by atoms with van der Waals surface area (Å²) in [6.07, 6.45) is 4.44. The molecule has 0 atom stereocenters. The smallest absolute Gasteiger partial charge is 0.337 e. The van der Waals surface area contributed by atoms with E-state index in [0.29, 0.717) is 17.3 Å². The number of carbonyl (C=O) groups is 2. The molecule has 96 valence electrons. The first-order valence-electron chi connectivity index (χ1n) is 6.38. The van der Waals surface area contributed by atoms with Gasteiger partial charge in [-0.05, 0) is 42.9 Å². The number of hydrogen-bond donors (Lipinski definition) is 0. The van der Waals surface area contributed by atoms with Crippen LogP contribution in [0.25, 0.3) is 0 Å². The molecule has 0 aromatic heterocycles. The Morgan fingerprint density at radius 3 is 2.39 bits per heavy atom. The van der Waals surface area contributed by atoms with Crippen molar-refractivity contribution in [2.75, 3.05) is 7.11 Å². The molecule has 0 radical (unpaired) electrons. The third kappa shape index (κ3) is 3.19. The van der Waals surface area contributed by atoms with Crippen LogP contribution >= 0.6 is 0 Å². The highest BCUT2D eigenvalue weighted by Gasteiger charge is 2.18. The average molecular weight is 246 g/mol. The second kappa shape index (κ2) is 5.80. The van der Waals surface area contributed by atoms with Gasteiger partial charge in [-0.1, -0.05) is 12.1 Å². The summed E-state index contributed by atoms with van der Waals surface area (Å²) in [5.74, 6) is 0.698. The largest absolute Gasteiger partial charge is 0.465 e. The van der Waals surface area contributed by atoms with Gasteiger partial charge in [-0.25, -0.2) is 4.79 Å². The number of Topliss-reactive ketones (excluding diaryl/α,β-unsaturated/α-hetero) is 1. The Morgan fingerprint density at radius 1 is 1.22 bits per heavy atom. The maximum absolute atomic E-state index is 11.3. The Balaban J connectivity index is 1.94. The first-order chi connectivity index (χ1) is 8.69. The lowest BCUT2D eigenvalue weighted by Crippen LogP contribution is -2.15. The minimum atomic E-state index is -0.301. The Labute approximate surface area is 107 Å². The standard InChI is InChI=1S/C15H18O3/c1-18-15(17)13-6-2-11(3-7-13)10-12-4-8-14(16)9-5-12/h2-3,6-7,12H,4-5,8-10H2,1H3. The fraction of sp³-hybridized carbons (Fsp3) is 0.467. The van der Waals surface area contributed by atoms with Gasteiger partial charge in [-0.3, -0.25) is 4.79 Å². The zero-order valence-electron chi connectivity index (χ0n) is 10.6. The van der Waals surface area contributed by atoms with Crippen LogP contribution in [0.4, 0.5) is 0 Å². The first kappa shape index (κ1) is 12.8. The lowest BCUT2D eigenvalue weighted by Gasteiger charge is -2.20. The number of carbonyl (C=O) groups excluding carboxylic acids is 2. The molecule has 1 aromatic rings. The van der Waals surface area contributed by atoms with E-state index in [0.717, 1.165) is 32.1 Å². The Morgan fingerprint density at radius 2 is 1.83 bits per heavy atom. The van der Waals surface area contributed by atoms with Crippen molar-refractivity contribution in [3.8, 4) is 0 Å². The van der Waals surface area contributed by atoms with E-state index in [4.69, 9.17) is 0 Å². The van der Waals surface area contributed by atoms with Crippen molar-refractivity contribution in [2.45, 2.75) is 32.1 Å². The highest BCUT2D eigenvalue weighted by Crippen LogP contribution is 2.25. The van der Waals surface area contributed by atoms with Gasteiger partial charge in [0.25, 0.3) is 0 Å². The molecule has 0 amide bonds. The summed E-state index contributed by atoms with van der Waals surface area (Å²) in [6, 6.07) is 7.55. The predicted molar refractivity (Wildman–Crippen MR) is 68.5 cm³/mol. The zero-order chi connectivity index (χ0) is 13.0. The molecular weight excluding hydrogens is 228 g/mol. The minimum Gasteiger partial charge on any atom is -0.465 e. The van der Waals surface area contributed by atoms with Gasteiger partial charge in [0, 0.05) is 12.8 Å². The Kier molecular flexibility index (Phi) is 4.13. The van der Waals surface area contributed by atoms with E-state index < -0.39 is 0 Å². The first-order valence-corrected chi connectivity index (χ1v) is 6.38. The molecule has 0 bridgehead atoms. The highest BCUT2D eigenvalue weighted by molar-refractivity contribution is 5.89. The molecule has 18 heavy (non-hydrogen) atoms. The fourth-order valence-electron chi connectivity index (χ4n) is 2.43. The molecule has 0 unspecified atom stereocenters. The monoisotopic (exact) mass is 246 g/mol. The van der Waals surface area contributed by atoms with Gasteiger partial charge in [0.15, 0.2) is 0 Å². The van der Waals surface area contributed by atoms with Crippen molar-refractivity contribution in [3.05, 3.63) is 35.4 Å². The maximum atomic E-state index is 11.3. The van der Waals surface area contributed by atoms with Crippen molar-refractivity contribution < 1.29 is 14.3 Å². The van der Waals surface area contributed by atoms with Gasteiger partial charge in [0.05, 0.1) is 12.7 Å². The molecule has 1 aliphatic carbocycles. The van der Waals surface area contributed by atoms with Crippen molar-refractivity contribution in [1.82, 2.24) is 0 Å². The summed E-state index contributed by atoms with van der Waals surface area (Å²) in [5.41, 5.74) is 1.81. The number of methoxy groups -OCH3 is 1. The zero-order valence-corrected chi connectivity index (χ0v) is 10.6. The molecule has 0 saturated heterocycles. The number of ether oxygens (including phenoxy) is 1. The van der Waals surface area contributed by atoms with E-state index in [9.17, 15) is 9.59 Å². The third-order valence-electron chi connectivity index (χ3n) is 3.56. The summed E-state index contributed by atoms with van der Waals surface area (Å²) < 4.78 is 4.66. The molecule has 2 rings (SSSR count). The number of ketones is 1. The van der Waals surface area contributed by atoms with Gasteiger partial charge in [0.1, 0.15) is 5.78 Å². The Bertz CT molecular complexity index is 424. The second-order valence-electron chi connectivity index (χ2n) is 4.87. The number of rotatable bonds is 3. The van der Waals surface area contributed by atoms with Gasteiger partial charge < -0.3 is 4.74 Å². The summed E-state index contributed by atoms with van der Waals surface area (Å²) in [5, 5.41) is 0. The summed E-state index contributed by atoms with van der Waals surface area (Å²) in [6.45, 7) is 0. The fourth-order valence-corrected chi connectivity index (χ4v) is 2.43. The molecule has 0 heterocycles. The second-order valence-corrected chi connectivity index (χ2v) is 4.87. The van der Waals surface area contributed by atoms with Crippen LogP contribution < -0.4 is 0 Å². The lowest BCUT2D eigenvalue weighted by molar-refractivity contribution is -0.121. The molecule has 1 fully saturated rings. The summed E-state index contributed by atoms with van der Waals surface area (Å²) >= 11 is 0. The normalized spacial score (nSPS) is 16.6. The third-order valence-corrected chi connectivity index (χ3v) is 3.56. The van der Waals surface area contributed by atoms with Crippen molar-refractivity contribution in [2.24, 2.45) is 5.92 Å². The van der Waals surface area contributed by atoms with Gasteiger partial charge in [-0.15, -0.1) is 0 Å². The van der Waals surface area contributed by atoms with E-state index in [1.165, 1.54) is 12.7 Å². The average Bonchev–Trinajstić information content (AvgIpc) is 2.41.